The van der Waals surface area contributed by atoms with Crippen molar-refractivity contribution in [3.63, 3.8) is 0 Å². The Hall–Kier alpha value is -1.72. The number of nitrogens with zero attached hydrogens (tertiary/aromatic N) is 4. The topological polar surface area (TPSA) is 79.7 Å². The molecular weight excluding hydrogens is 242 g/mol. The molecule has 6 nitrogen and oxygen atoms in total. The summed E-state index contributed by atoms with van der Waals surface area (Å²) in [6.07, 6.45) is 0. The molecule has 0 aromatic carbocycles. The van der Waals surface area contributed by atoms with Crippen LogP contribution >= 0.6 is 0 Å². The molecule has 0 fully saturated rings. The molecule has 0 atom stereocenters. The standard InChI is InChI=1S/C13H25N5O/c1-8(2)7-18(9(3)4)13-11(12(14)16-19)10(5)15-17(13)6/h8-9,19H,7H2,1-6H3,(H2,14,16). The highest BCUT2D eigenvalue weighted by Crippen LogP contribution is 2.25. The van der Waals surface area contributed by atoms with E-state index in [-0.39, 0.29) is 5.84 Å². The van der Waals surface area contributed by atoms with E-state index in [0.29, 0.717) is 17.5 Å². The van der Waals surface area contributed by atoms with E-state index in [1.807, 2.05) is 14.0 Å². The summed E-state index contributed by atoms with van der Waals surface area (Å²) in [5.74, 6) is 1.52. The van der Waals surface area contributed by atoms with Gasteiger partial charge in [0.1, 0.15) is 5.82 Å². The maximum absolute atomic E-state index is 8.96. The van der Waals surface area contributed by atoms with Crippen LogP contribution in [0.1, 0.15) is 39.0 Å². The van der Waals surface area contributed by atoms with E-state index in [4.69, 9.17) is 10.9 Å². The van der Waals surface area contributed by atoms with E-state index in [0.717, 1.165) is 18.1 Å². The van der Waals surface area contributed by atoms with Gasteiger partial charge in [-0.05, 0) is 26.7 Å². The first-order valence-electron chi connectivity index (χ1n) is 6.57. The Morgan fingerprint density at radius 1 is 1.42 bits per heavy atom. The third-order valence-electron chi connectivity index (χ3n) is 3.01. The molecule has 1 aromatic rings. The average molecular weight is 267 g/mol. The van der Waals surface area contributed by atoms with Gasteiger partial charge in [0.2, 0.25) is 0 Å². The fourth-order valence-corrected chi connectivity index (χ4v) is 2.26. The van der Waals surface area contributed by atoms with Crippen molar-refractivity contribution in [3.8, 4) is 0 Å². The van der Waals surface area contributed by atoms with Crippen LogP contribution < -0.4 is 10.6 Å². The van der Waals surface area contributed by atoms with E-state index in [1.165, 1.54) is 0 Å². The molecule has 108 valence electrons. The van der Waals surface area contributed by atoms with E-state index in [9.17, 15) is 0 Å². The van der Waals surface area contributed by atoms with Crippen molar-refractivity contribution in [2.45, 2.75) is 40.7 Å². The lowest BCUT2D eigenvalue weighted by Crippen LogP contribution is -2.37. The zero-order chi connectivity index (χ0) is 14.7. The molecule has 0 saturated carbocycles. The average Bonchev–Trinajstić information content (AvgIpc) is 2.59. The lowest BCUT2D eigenvalue weighted by Gasteiger charge is -2.31. The van der Waals surface area contributed by atoms with Gasteiger partial charge in [-0.1, -0.05) is 19.0 Å². The van der Waals surface area contributed by atoms with Crippen LogP contribution in [0.2, 0.25) is 0 Å². The van der Waals surface area contributed by atoms with E-state index in [1.54, 1.807) is 4.68 Å². The second-order valence-corrected chi connectivity index (χ2v) is 5.53. The molecular formula is C13H25N5O. The largest absolute Gasteiger partial charge is 0.409 e. The van der Waals surface area contributed by atoms with Crippen LogP contribution in [0.15, 0.2) is 5.16 Å². The molecule has 0 radical (unpaired) electrons. The lowest BCUT2D eigenvalue weighted by molar-refractivity contribution is 0.318. The maximum Gasteiger partial charge on any atom is 0.175 e. The summed E-state index contributed by atoms with van der Waals surface area (Å²) < 4.78 is 1.80. The molecule has 0 unspecified atom stereocenters. The molecule has 0 saturated heterocycles. The Balaban J connectivity index is 3.37. The van der Waals surface area contributed by atoms with E-state index in [2.05, 4.69) is 42.8 Å². The highest BCUT2D eigenvalue weighted by molar-refractivity contribution is 6.02. The van der Waals surface area contributed by atoms with Crippen LogP contribution in [0, 0.1) is 12.8 Å². The first-order chi connectivity index (χ1) is 8.79. The lowest BCUT2D eigenvalue weighted by atomic mass is 10.1. The third kappa shape index (κ3) is 3.19. The highest BCUT2D eigenvalue weighted by atomic mass is 16.4. The van der Waals surface area contributed by atoms with Gasteiger partial charge in [-0.25, -0.2) is 0 Å². The van der Waals surface area contributed by atoms with Crippen molar-refractivity contribution in [3.05, 3.63) is 11.3 Å². The van der Waals surface area contributed by atoms with Crippen LogP contribution in [-0.2, 0) is 7.05 Å². The van der Waals surface area contributed by atoms with Crippen molar-refractivity contribution < 1.29 is 5.21 Å². The minimum atomic E-state index is 0.106. The number of hydrogen-bond acceptors (Lipinski definition) is 4. The number of hydrogen-bond donors (Lipinski definition) is 2. The van der Waals surface area contributed by atoms with Gasteiger partial charge in [0.25, 0.3) is 0 Å². The number of anilines is 1. The molecule has 19 heavy (non-hydrogen) atoms. The fraction of sp³-hybridized carbons (Fsp3) is 0.692. The van der Waals surface area contributed by atoms with Crippen LogP contribution in [-0.4, -0.2) is 33.4 Å². The van der Waals surface area contributed by atoms with Gasteiger partial charge in [-0.2, -0.15) is 5.10 Å². The molecule has 1 heterocycles. The Labute approximate surface area is 114 Å². The molecule has 6 heteroatoms. The van der Waals surface area contributed by atoms with Gasteiger partial charge >= 0.3 is 0 Å². The van der Waals surface area contributed by atoms with E-state index >= 15 is 0 Å². The fourth-order valence-electron chi connectivity index (χ4n) is 2.26. The molecule has 0 aliphatic heterocycles. The van der Waals surface area contributed by atoms with Crippen LogP contribution in [0.25, 0.3) is 0 Å². The third-order valence-corrected chi connectivity index (χ3v) is 3.01. The number of oxime groups is 1. The molecule has 1 aromatic heterocycles. The minimum Gasteiger partial charge on any atom is -0.409 e. The van der Waals surface area contributed by atoms with Crippen LogP contribution in [0.5, 0.6) is 0 Å². The molecule has 3 N–H and O–H groups in total. The quantitative estimate of drug-likeness (QED) is 0.368. The normalized spacial score (nSPS) is 12.5. The van der Waals surface area contributed by atoms with Gasteiger partial charge in [-0.15, -0.1) is 0 Å². The van der Waals surface area contributed by atoms with Gasteiger partial charge in [0.15, 0.2) is 5.84 Å². The minimum absolute atomic E-state index is 0.106. The number of aromatic nitrogens is 2. The van der Waals surface area contributed by atoms with Crippen molar-refractivity contribution in [1.82, 2.24) is 9.78 Å². The molecule has 0 amide bonds. The number of aryl methyl sites for hydroxylation is 2. The van der Waals surface area contributed by atoms with Crippen molar-refractivity contribution in [2.75, 3.05) is 11.4 Å². The Bertz CT molecular complexity index is 462. The van der Waals surface area contributed by atoms with Crippen molar-refractivity contribution in [2.24, 2.45) is 23.9 Å². The predicted octanol–water partition coefficient (Wildman–Crippen LogP) is 1.69. The first kappa shape index (κ1) is 15.3. The first-order valence-corrected chi connectivity index (χ1v) is 6.57. The summed E-state index contributed by atoms with van der Waals surface area (Å²) in [5.41, 5.74) is 7.27. The number of rotatable bonds is 5. The summed E-state index contributed by atoms with van der Waals surface area (Å²) in [5, 5.41) is 16.5. The summed E-state index contributed by atoms with van der Waals surface area (Å²) in [6, 6.07) is 0.308. The summed E-state index contributed by atoms with van der Waals surface area (Å²) in [6.45, 7) is 11.3. The molecule has 1 rings (SSSR count). The van der Waals surface area contributed by atoms with Gasteiger partial charge in [-0.3, -0.25) is 4.68 Å². The zero-order valence-corrected chi connectivity index (χ0v) is 12.7. The van der Waals surface area contributed by atoms with Crippen LogP contribution in [0.3, 0.4) is 0 Å². The Morgan fingerprint density at radius 3 is 2.42 bits per heavy atom. The monoisotopic (exact) mass is 267 g/mol. The maximum atomic E-state index is 8.96. The van der Waals surface area contributed by atoms with Crippen molar-refractivity contribution >= 4 is 11.7 Å². The summed E-state index contributed by atoms with van der Waals surface area (Å²) in [7, 11) is 1.88. The zero-order valence-electron chi connectivity index (χ0n) is 12.7. The van der Waals surface area contributed by atoms with Crippen molar-refractivity contribution in [1.29, 1.82) is 0 Å². The second-order valence-electron chi connectivity index (χ2n) is 5.53. The highest BCUT2D eigenvalue weighted by Gasteiger charge is 2.24. The number of nitrogens with two attached hydrogens (primary N) is 1. The molecule has 0 spiro atoms. The smallest absolute Gasteiger partial charge is 0.175 e. The van der Waals surface area contributed by atoms with Gasteiger partial charge < -0.3 is 15.8 Å². The van der Waals surface area contributed by atoms with Crippen LogP contribution in [0.4, 0.5) is 5.82 Å². The summed E-state index contributed by atoms with van der Waals surface area (Å²) >= 11 is 0. The molecule has 0 aliphatic carbocycles. The Kier molecular flexibility index (Phi) is 4.80. The van der Waals surface area contributed by atoms with E-state index < -0.39 is 0 Å². The molecule has 0 bridgehead atoms. The van der Waals surface area contributed by atoms with Gasteiger partial charge in [0.05, 0.1) is 11.3 Å². The summed E-state index contributed by atoms with van der Waals surface area (Å²) in [4.78, 5) is 2.23. The predicted molar refractivity (Wildman–Crippen MR) is 77.8 cm³/mol. The second kappa shape index (κ2) is 5.95. The Morgan fingerprint density at radius 2 is 2.00 bits per heavy atom. The van der Waals surface area contributed by atoms with Gasteiger partial charge in [0, 0.05) is 19.6 Å². The SMILES string of the molecule is Cc1nn(C)c(N(CC(C)C)C(C)C)c1C(N)=NO. The molecule has 0 aliphatic rings. The number of amidine groups is 1.